The third-order valence-electron chi connectivity index (χ3n) is 3.29. The molecular weight excluding hydrogens is 242 g/mol. The molecule has 0 aliphatic rings. The van der Waals surface area contributed by atoms with Crippen LogP contribution in [0.4, 0.5) is 0 Å². The summed E-state index contributed by atoms with van der Waals surface area (Å²) in [5.74, 6) is -0.979. The number of carbonyl (C=O) groups excluding carboxylic acids is 1. The maximum absolute atomic E-state index is 10.3. The van der Waals surface area contributed by atoms with E-state index < -0.39 is 5.97 Å². The molecule has 4 heteroatoms. The number of rotatable bonds is 12. The van der Waals surface area contributed by atoms with Crippen LogP contribution < -0.4 is 5.11 Å². The number of quaternary nitrogens is 1. The van der Waals surface area contributed by atoms with Crippen molar-refractivity contribution >= 4 is 5.97 Å². The van der Waals surface area contributed by atoms with Crippen molar-refractivity contribution in [2.45, 2.75) is 51.0 Å². The number of hydrogen-bond acceptors (Lipinski definition) is 3. The summed E-state index contributed by atoms with van der Waals surface area (Å²) in [4.78, 5) is 10.3. The number of carboxylic acid groups (broad SMARTS) is 1. The molecule has 0 spiro atoms. The van der Waals surface area contributed by atoms with Gasteiger partial charge in [-0.2, -0.15) is 0 Å². The van der Waals surface area contributed by atoms with Gasteiger partial charge in [-0.1, -0.05) is 12.5 Å². The van der Waals surface area contributed by atoms with Crippen LogP contribution in [0, 0.1) is 0 Å². The number of nitrogens with zero attached hydrogens (tertiary/aromatic N) is 1. The monoisotopic (exact) mass is 271 g/mol. The number of aliphatic hydroxyl groups excluding tert-OH is 1. The molecule has 1 N–H and O–H groups in total. The highest BCUT2D eigenvalue weighted by molar-refractivity contribution is 5.63. The summed E-state index contributed by atoms with van der Waals surface area (Å²) >= 11 is 0. The Morgan fingerprint density at radius 2 is 2.00 bits per heavy atom. The quantitative estimate of drug-likeness (QED) is 0.328. The summed E-state index contributed by atoms with van der Waals surface area (Å²) in [7, 11) is 4.15. The van der Waals surface area contributed by atoms with E-state index in [1.165, 1.54) is 0 Å². The van der Waals surface area contributed by atoms with Crippen molar-refractivity contribution in [3.8, 4) is 0 Å². The van der Waals surface area contributed by atoms with Crippen LogP contribution in [0.3, 0.4) is 0 Å². The Morgan fingerprint density at radius 1 is 1.32 bits per heavy atom. The van der Waals surface area contributed by atoms with Gasteiger partial charge < -0.3 is 19.5 Å². The predicted molar refractivity (Wildman–Crippen MR) is 75.4 cm³/mol. The second kappa shape index (κ2) is 9.98. The van der Waals surface area contributed by atoms with Gasteiger partial charge >= 0.3 is 0 Å². The Hall–Kier alpha value is -0.870. The van der Waals surface area contributed by atoms with Crippen LogP contribution in [0.5, 0.6) is 0 Å². The first-order chi connectivity index (χ1) is 8.87. The second-order valence-electron chi connectivity index (χ2n) is 5.90. The summed E-state index contributed by atoms with van der Waals surface area (Å²) in [6.45, 7) is 5.29. The Bertz CT molecular complexity index is 264. The molecule has 0 saturated heterocycles. The minimum atomic E-state index is -0.979. The number of allylic oxidation sites excluding steroid dienone is 1. The molecule has 1 atom stereocenters. The van der Waals surface area contributed by atoms with Crippen molar-refractivity contribution in [1.82, 2.24) is 0 Å². The minimum Gasteiger partial charge on any atom is -0.550 e. The predicted octanol–water partition coefficient (Wildman–Crippen LogP) is 1.09. The molecule has 0 radical (unpaired) electrons. The standard InChI is InChI=1S/C15H29NO3/c1-4-5-6-7-10-14(17)13-16(2,3)12-9-8-11-15(18)19/h4,14,17H,1,5-13H2,2-3H3. The SMILES string of the molecule is C=CCCCCC(O)C[N+](C)(C)CCCCC(=O)[O-]. The molecule has 0 heterocycles. The average molecular weight is 271 g/mol. The van der Waals surface area contributed by atoms with E-state index in [1.807, 2.05) is 6.08 Å². The van der Waals surface area contributed by atoms with Crippen molar-refractivity contribution < 1.29 is 19.5 Å². The average Bonchev–Trinajstić information content (AvgIpc) is 2.29. The van der Waals surface area contributed by atoms with Crippen LogP contribution in [0.1, 0.15) is 44.9 Å². The lowest BCUT2D eigenvalue weighted by molar-refractivity contribution is -0.893. The van der Waals surface area contributed by atoms with Gasteiger partial charge in [0.15, 0.2) is 0 Å². The largest absolute Gasteiger partial charge is 0.550 e. The normalized spacial score (nSPS) is 13.2. The molecule has 19 heavy (non-hydrogen) atoms. The van der Waals surface area contributed by atoms with E-state index in [2.05, 4.69) is 20.7 Å². The Kier molecular flexibility index (Phi) is 9.53. The zero-order valence-electron chi connectivity index (χ0n) is 12.4. The zero-order valence-corrected chi connectivity index (χ0v) is 12.4. The highest BCUT2D eigenvalue weighted by Gasteiger charge is 2.19. The van der Waals surface area contributed by atoms with Crippen molar-refractivity contribution in [3.05, 3.63) is 12.7 Å². The van der Waals surface area contributed by atoms with Crippen LogP contribution in [0.25, 0.3) is 0 Å². The maximum atomic E-state index is 10.3. The number of hydrogen-bond donors (Lipinski definition) is 1. The van der Waals surface area contributed by atoms with Gasteiger partial charge in [0.2, 0.25) is 0 Å². The summed E-state index contributed by atoms with van der Waals surface area (Å²) in [5.41, 5.74) is 0. The molecule has 0 fully saturated rings. The molecule has 0 bridgehead atoms. The number of carbonyl (C=O) groups is 1. The van der Waals surface area contributed by atoms with E-state index in [4.69, 9.17) is 0 Å². The molecule has 0 aromatic rings. The van der Waals surface area contributed by atoms with Crippen LogP contribution in [0.2, 0.25) is 0 Å². The number of unbranched alkanes of at least 4 members (excludes halogenated alkanes) is 3. The summed E-state index contributed by atoms with van der Waals surface area (Å²) in [6, 6.07) is 0. The van der Waals surface area contributed by atoms with E-state index in [0.717, 1.165) is 49.7 Å². The summed E-state index contributed by atoms with van der Waals surface area (Å²) in [6.07, 6.45) is 7.21. The second-order valence-corrected chi connectivity index (χ2v) is 5.90. The third-order valence-corrected chi connectivity index (χ3v) is 3.29. The fourth-order valence-corrected chi connectivity index (χ4v) is 2.23. The van der Waals surface area contributed by atoms with Gasteiger partial charge in [0.25, 0.3) is 0 Å². The molecule has 0 aromatic carbocycles. The van der Waals surface area contributed by atoms with Gasteiger partial charge in [-0.25, -0.2) is 0 Å². The lowest BCUT2D eigenvalue weighted by atomic mass is 10.1. The van der Waals surface area contributed by atoms with Gasteiger partial charge in [-0.05, 0) is 38.5 Å². The smallest absolute Gasteiger partial charge is 0.105 e. The molecule has 1 unspecified atom stereocenters. The van der Waals surface area contributed by atoms with Gasteiger partial charge in [0.1, 0.15) is 12.6 Å². The molecule has 0 amide bonds. The van der Waals surface area contributed by atoms with Crippen LogP contribution in [-0.4, -0.2) is 48.8 Å². The lowest BCUT2D eigenvalue weighted by Crippen LogP contribution is -2.46. The first kappa shape index (κ1) is 18.1. The molecule has 0 saturated carbocycles. The zero-order chi connectivity index (χ0) is 14.7. The molecular formula is C15H29NO3. The van der Waals surface area contributed by atoms with E-state index >= 15 is 0 Å². The number of aliphatic hydroxyl groups is 1. The van der Waals surface area contributed by atoms with Gasteiger partial charge in [-0.15, -0.1) is 6.58 Å². The lowest BCUT2D eigenvalue weighted by Gasteiger charge is -2.32. The fraction of sp³-hybridized carbons (Fsp3) is 0.800. The fourth-order valence-electron chi connectivity index (χ4n) is 2.23. The highest BCUT2D eigenvalue weighted by Crippen LogP contribution is 2.10. The van der Waals surface area contributed by atoms with Crippen molar-refractivity contribution in [3.63, 3.8) is 0 Å². The van der Waals surface area contributed by atoms with Crippen LogP contribution in [0.15, 0.2) is 12.7 Å². The Balaban J connectivity index is 3.73. The third kappa shape index (κ3) is 11.9. The molecule has 4 nitrogen and oxygen atoms in total. The first-order valence-electron chi connectivity index (χ1n) is 7.18. The number of carboxylic acids is 1. The van der Waals surface area contributed by atoms with Crippen LogP contribution >= 0.6 is 0 Å². The van der Waals surface area contributed by atoms with Crippen molar-refractivity contribution in [1.29, 1.82) is 0 Å². The molecule has 0 aliphatic carbocycles. The topological polar surface area (TPSA) is 60.4 Å². The van der Waals surface area contributed by atoms with Gasteiger partial charge in [0.05, 0.1) is 20.6 Å². The summed E-state index contributed by atoms with van der Waals surface area (Å²) < 4.78 is 0.732. The van der Waals surface area contributed by atoms with Crippen LogP contribution in [-0.2, 0) is 4.79 Å². The molecule has 0 aromatic heterocycles. The summed E-state index contributed by atoms with van der Waals surface area (Å²) in [5, 5.41) is 20.3. The van der Waals surface area contributed by atoms with Crippen molar-refractivity contribution in [2.24, 2.45) is 0 Å². The van der Waals surface area contributed by atoms with E-state index in [-0.39, 0.29) is 12.5 Å². The van der Waals surface area contributed by atoms with Gasteiger partial charge in [-0.3, -0.25) is 0 Å². The molecule has 0 rings (SSSR count). The minimum absolute atomic E-state index is 0.129. The van der Waals surface area contributed by atoms with Gasteiger partial charge in [0, 0.05) is 5.97 Å². The Labute approximate surface area is 117 Å². The highest BCUT2D eigenvalue weighted by atomic mass is 16.4. The van der Waals surface area contributed by atoms with Crippen molar-refractivity contribution in [2.75, 3.05) is 27.2 Å². The van der Waals surface area contributed by atoms with E-state index in [1.54, 1.807) is 0 Å². The molecule has 0 aliphatic heterocycles. The first-order valence-corrected chi connectivity index (χ1v) is 7.18. The van der Waals surface area contributed by atoms with E-state index in [0.29, 0.717) is 6.42 Å². The van der Waals surface area contributed by atoms with E-state index in [9.17, 15) is 15.0 Å². The Morgan fingerprint density at radius 3 is 2.58 bits per heavy atom. The number of aliphatic carboxylic acids is 1. The molecule has 112 valence electrons. The maximum Gasteiger partial charge on any atom is 0.105 e. The number of likely N-dealkylation sites (N-methyl/N-ethyl adjacent to an activating group) is 1.